The highest BCUT2D eigenvalue weighted by molar-refractivity contribution is 5.13. The molecular weight excluding hydrogens is 210 g/mol. The van der Waals surface area contributed by atoms with Crippen molar-refractivity contribution in [3.63, 3.8) is 0 Å². The van der Waals surface area contributed by atoms with E-state index in [0.717, 1.165) is 13.2 Å². The third-order valence-electron chi connectivity index (χ3n) is 4.21. The summed E-state index contributed by atoms with van der Waals surface area (Å²) in [4.78, 5) is 0. The summed E-state index contributed by atoms with van der Waals surface area (Å²) in [7, 11) is 0. The van der Waals surface area contributed by atoms with Gasteiger partial charge in [-0.15, -0.1) is 0 Å². The van der Waals surface area contributed by atoms with Crippen LogP contribution in [0.3, 0.4) is 0 Å². The molecule has 0 bridgehead atoms. The van der Waals surface area contributed by atoms with Crippen LogP contribution in [0.5, 0.6) is 0 Å². The minimum atomic E-state index is 0.410. The SMILES string of the molecule is c1ccc(COC2CNC3(CCCC3)C2)cc1. The zero-order chi connectivity index (χ0) is 11.6. The molecular formula is C15H21NO. The quantitative estimate of drug-likeness (QED) is 0.863. The van der Waals surface area contributed by atoms with Crippen LogP contribution >= 0.6 is 0 Å². The number of hydrogen-bond acceptors (Lipinski definition) is 2. The molecule has 2 fully saturated rings. The highest BCUT2D eigenvalue weighted by Crippen LogP contribution is 2.37. The van der Waals surface area contributed by atoms with Gasteiger partial charge in [-0.05, 0) is 24.8 Å². The molecule has 1 aliphatic heterocycles. The van der Waals surface area contributed by atoms with E-state index in [9.17, 15) is 0 Å². The van der Waals surface area contributed by atoms with E-state index in [1.807, 2.05) is 6.07 Å². The lowest BCUT2D eigenvalue weighted by molar-refractivity contribution is 0.0493. The van der Waals surface area contributed by atoms with E-state index in [4.69, 9.17) is 4.74 Å². The molecule has 2 heteroatoms. The van der Waals surface area contributed by atoms with Crippen molar-refractivity contribution in [3.05, 3.63) is 35.9 Å². The van der Waals surface area contributed by atoms with Gasteiger partial charge in [0.15, 0.2) is 0 Å². The number of benzene rings is 1. The number of nitrogens with one attached hydrogen (secondary N) is 1. The maximum absolute atomic E-state index is 6.01. The van der Waals surface area contributed by atoms with Crippen LogP contribution in [0.15, 0.2) is 30.3 Å². The fraction of sp³-hybridized carbons (Fsp3) is 0.600. The van der Waals surface area contributed by atoms with Crippen LogP contribution < -0.4 is 5.32 Å². The first-order valence-electron chi connectivity index (χ1n) is 6.77. The second kappa shape index (κ2) is 4.79. The zero-order valence-electron chi connectivity index (χ0n) is 10.3. The first-order chi connectivity index (χ1) is 8.36. The van der Waals surface area contributed by atoms with Gasteiger partial charge in [-0.3, -0.25) is 0 Å². The molecule has 1 heterocycles. The van der Waals surface area contributed by atoms with Gasteiger partial charge in [-0.2, -0.15) is 0 Å². The molecule has 2 nitrogen and oxygen atoms in total. The van der Waals surface area contributed by atoms with Crippen molar-refractivity contribution in [2.24, 2.45) is 0 Å². The first-order valence-corrected chi connectivity index (χ1v) is 6.77. The van der Waals surface area contributed by atoms with Crippen LogP contribution in [0.25, 0.3) is 0 Å². The van der Waals surface area contributed by atoms with E-state index in [1.54, 1.807) is 0 Å². The average molecular weight is 231 g/mol. The Balaban J connectivity index is 1.51. The summed E-state index contributed by atoms with van der Waals surface area (Å²) in [6.45, 7) is 1.79. The van der Waals surface area contributed by atoms with Gasteiger partial charge >= 0.3 is 0 Å². The van der Waals surface area contributed by atoms with Gasteiger partial charge in [0.2, 0.25) is 0 Å². The predicted molar refractivity (Wildman–Crippen MR) is 68.8 cm³/mol. The lowest BCUT2D eigenvalue weighted by Crippen LogP contribution is -2.35. The molecule has 0 radical (unpaired) electrons. The van der Waals surface area contributed by atoms with Crippen molar-refractivity contribution in [2.45, 2.75) is 50.4 Å². The normalized spacial score (nSPS) is 26.7. The van der Waals surface area contributed by atoms with Gasteiger partial charge in [-0.1, -0.05) is 43.2 Å². The summed E-state index contributed by atoms with van der Waals surface area (Å²) < 4.78 is 6.01. The van der Waals surface area contributed by atoms with E-state index < -0.39 is 0 Å². The second-order valence-electron chi connectivity index (χ2n) is 5.49. The van der Waals surface area contributed by atoms with Gasteiger partial charge in [0.05, 0.1) is 12.7 Å². The maximum Gasteiger partial charge on any atom is 0.0721 e. The van der Waals surface area contributed by atoms with Crippen molar-refractivity contribution >= 4 is 0 Å². The minimum absolute atomic E-state index is 0.410. The molecule has 17 heavy (non-hydrogen) atoms. The van der Waals surface area contributed by atoms with Crippen molar-refractivity contribution in [3.8, 4) is 0 Å². The lowest BCUT2D eigenvalue weighted by atomic mass is 9.95. The molecule has 1 unspecified atom stereocenters. The Bertz CT molecular complexity index is 356. The topological polar surface area (TPSA) is 21.3 Å². The standard InChI is InChI=1S/C15H21NO/c1-2-6-13(7-3-1)12-17-14-10-15(16-11-14)8-4-5-9-15/h1-3,6-7,14,16H,4-5,8-12H2. The summed E-state index contributed by atoms with van der Waals surface area (Å²) in [5.74, 6) is 0. The molecule has 0 amide bonds. The zero-order valence-corrected chi connectivity index (χ0v) is 10.3. The van der Waals surface area contributed by atoms with Crippen LogP contribution in [-0.4, -0.2) is 18.2 Å². The van der Waals surface area contributed by atoms with Crippen molar-refractivity contribution < 1.29 is 4.74 Å². The average Bonchev–Trinajstić information content (AvgIpc) is 2.99. The maximum atomic E-state index is 6.01. The Kier molecular flexibility index (Phi) is 3.17. The van der Waals surface area contributed by atoms with Crippen LogP contribution in [-0.2, 0) is 11.3 Å². The fourth-order valence-corrected chi connectivity index (χ4v) is 3.25. The smallest absolute Gasteiger partial charge is 0.0721 e. The number of rotatable bonds is 3. The summed E-state index contributed by atoms with van der Waals surface area (Å²) in [5, 5.41) is 3.69. The fourth-order valence-electron chi connectivity index (χ4n) is 3.25. The number of ether oxygens (including phenoxy) is 1. The largest absolute Gasteiger partial charge is 0.372 e. The third-order valence-corrected chi connectivity index (χ3v) is 4.21. The minimum Gasteiger partial charge on any atom is -0.372 e. The van der Waals surface area contributed by atoms with E-state index in [2.05, 4.69) is 29.6 Å². The molecule has 1 aliphatic carbocycles. The summed E-state index contributed by atoms with van der Waals surface area (Å²) in [5.41, 5.74) is 1.71. The van der Waals surface area contributed by atoms with Crippen LogP contribution in [0.4, 0.5) is 0 Å². The first kappa shape index (κ1) is 11.2. The molecule has 1 atom stereocenters. The second-order valence-corrected chi connectivity index (χ2v) is 5.49. The summed E-state index contributed by atoms with van der Waals surface area (Å²) >= 11 is 0. The highest BCUT2D eigenvalue weighted by Gasteiger charge is 2.40. The molecule has 1 saturated heterocycles. The monoisotopic (exact) mass is 231 g/mol. The lowest BCUT2D eigenvalue weighted by Gasteiger charge is -2.22. The molecule has 1 spiro atoms. The van der Waals surface area contributed by atoms with E-state index >= 15 is 0 Å². The van der Waals surface area contributed by atoms with Crippen LogP contribution in [0.1, 0.15) is 37.7 Å². The Hall–Kier alpha value is -0.860. The van der Waals surface area contributed by atoms with Gasteiger partial charge in [0.1, 0.15) is 0 Å². The van der Waals surface area contributed by atoms with Gasteiger partial charge in [0.25, 0.3) is 0 Å². The molecule has 1 aromatic carbocycles. The van der Waals surface area contributed by atoms with E-state index in [0.29, 0.717) is 11.6 Å². The molecule has 1 saturated carbocycles. The van der Waals surface area contributed by atoms with Gasteiger partial charge in [0, 0.05) is 12.1 Å². The van der Waals surface area contributed by atoms with E-state index in [1.165, 1.54) is 37.7 Å². The van der Waals surface area contributed by atoms with E-state index in [-0.39, 0.29) is 0 Å². The Morgan fingerprint density at radius 2 is 1.94 bits per heavy atom. The Morgan fingerprint density at radius 1 is 1.18 bits per heavy atom. The predicted octanol–water partition coefficient (Wildman–Crippen LogP) is 2.88. The van der Waals surface area contributed by atoms with Crippen molar-refractivity contribution in [2.75, 3.05) is 6.54 Å². The van der Waals surface area contributed by atoms with Gasteiger partial charge < -0.3 is 10.1 Å². The third kappa shape index (κ3) is 2.53. The van der Waals surface area contributed by atoms with Crippen LogP contribution in [0.2, 0.25) is 0 Å². The molecule has 3 rings (SSSR count). The van der Waals surface area contributed by atoms with Gasteiger partial charge in [-0.25, -0.2) is 0 Å². The molecule has 1 aromatic rings. The summed E-state index contributed by atoms with van der Waals surface area (Å²) in [6.07, 6.45) is 7.08. The Labute approximate surface area is 103 Å². The molecule has 1 N–H and O–H groups in total. The van der Waals surface area contributed by atoms with Crippen molar-refractivity contribution in [1.82, 2.24) is 5.32 Å². The molecule has 92 valence electrons. The molecule has 0 aromatic heterocycles. The highest BCUT2D eigenvalue weighted by atomic mass is 16.5. The molecule has 2 aliphatic rings. The van der Waals surface area contributed by atoms with Crippen LogP contribution in [0, 0.1) is 0 Å². The number of hydrogen-bond donors (Lipinski definition) is 1. The Morgan fingerprint density at radius 3 is 2.71 bits per heavy atom. The summed E-state index contributed by atoms with van der Waals surface area (Å²) in [6, 6.07) is 10.5. The van der Waals surface area contributed by atoms with Crippen molar-refractivity contribution in [1.29, 1.82) is 0 Å².